The molecule has 1 unspecified atom stereocenters. The molecule has 4 rings (SSSR count). The summed E-state index contributed by atoms with van der Waals surface area (Å²) < 4.78 is 42.1. The summed E-state index contributed by atoms with van der Waals surface area (Å²) in [5, 5.41) is 0. The topological polar surface area (TPSA) is 0 Å². The van der Waals surface area contributed by atoms with E-state index in [0.717, 1.165) is 54.4 Å². The Labute approximate surface area is 178 Å². The second kappa shape index (κ2) is 9.41. The summed E-state index contributed by atoms with van der Waals surface area (Å²) in [5.41, 5.74) is 2.64. The normalized spacial score (nSPS) is 24.2. The zero-order valence-corrected chi connectivity index (χ0v) is 17.8. The minimum absolute atomic E-state index is 0.260. The molecular weight excluding hydrogens is 381 g/mol. The first-order valence-electron chi connectivity index (χ1n) is 11.4. The second-order valence-corrected chi connectivity index (χ2v) is 9.12. The molecule has 2 aromatic rings. The smallest absolute Gasteiger partial charge is 0.159 e. The van der Waals surface area contributed by atoms with Crippen molar-refractivity contribution in [1.82, 2.24) is 0 Å². The standard InChI is InChI=1S/C27H31F3/c1-2-3-4-5-18-6-8-19(9-7-18)20-10-13-23-21(16-20)11-14-24(27(23)30)22-12-15-25(28)26(29)17-22/h2-3,11-12,14-15,17-20H,4-10,13,16H2,1H3/b3-2+. The molecule has 0 aliphatic heterocycles. The number of allylic oxidation sites excluding steroid dienone is 2. The van der Waals surface area contributed by atoms with Crippen LogP contribution in [0.2, 0.25) is 0 Å². The molecule has 0 heterocycles. The van der Waals surface area contributed by atoms with Gasteiger partial charge in [-0.05, 0) is 98.4 Å². The fourth-order valence-electron chi connectivity index (χ4n) is 5.57. The summed E-state index contributed by atoms with van der Waals surface area (Å²) in [7, 11) is 0. The lowest BCUT2D eigenvalue weighted by molar-refractivity contribution is 0.184. The van der Waals surface area contributed by atoms with Crippen molar-refractivity contribution in [1.29, 1.82) is 0 Å². The molecule has 0 bridgehead atoms. The van der Waals surface area contributed by atoms with E-state index in [1.54, 1.807) is 6.07 Å². The van der Waals surface area contributed by atoms with Crippen LogP contribution in [0.4, 0.5) is 13.2 Å². The first-order valence-corrected chi connectivity index (χ1v) is 11.4. The van der Waals surface area contributed by atoms with Gasteiger partial charge < -0.3 is 0 Å². The Bertz CT molecular complexity index is 907. The predicted molar refractivity (Wildman–Crippen MR) is 117 cm³/mol. The summed E-state index contributed by atoms with van der Waals surface area (Å²) in [5.74, 6) is 0.157. The van der Waals surface area contributed by atoms with Gasteiger partial charge in [-0.15, -0.1) is 0 Å². The number of halogens is 3. The lowest BCUT2D eigenvalue weighted by atomic mass is 9.69. The van der Waals surface area contributed by atoms with Crippen molar-refractivity contribution in [3.8, 4) is 11.1 Å². The van der Waals surface area contributed by atoms with Crippen LogP contribution in [0.3, 0.4) is 0 Å². The van der Waals surface area contributed by atoms with E-state index < -0.39 is 11.6 Å². The van der Waals surface area contributed by atoms with Crippen LogP contribution in [0.15, 0.2) is 42.5 Å². The van der Waals surface area contributed by atoms with E-state index in [4.69, 9.17) is 0 Å². The molecule has 30 heavy (non-hydrogen) atoms. The molecule has 1 atom stereocenters. The minimum Gasteiger partial charge on any atom is -0.206 e. The number of hydrogen-bond donors (Lipinski definition) is 0. The van der Waals surface area contributed by atoms with Gasteiger partial charge in [0.2, 0.25) is 0 Å². The minimum atomic E-state index is -0.939. The molecule has 2 aliphatic rings. The molecule has 2 aromatic carbocycles. The molecule has 2 aliphatic carbocycles. The maximum atomic E-state index is 15.2. The average Bonchev–Trinajstić information content (AvgIpc) is 2.76. The maximum absolute atomic E-state index is 15.2. The third kappa shape index (κ3) is 4.50. The van der Waals surface area contributed by atoms with Crippen LogP contribution >= 0.6 is 0 Å². The Kier molecular flexibility index (Phi) is 6.65. The van der Waals surface area contributed by atoms with Gasteiger partial charge in [0.05, 0.1) is 0 Å². The van der Waals surface area contributed by atoms with Crippen molar-refractivity contribution in [2.75, 3.05) is 0 Å². The van der Waals surface area contributed by atoms with Gasteiger partial charge in [-0.2, -0.15) is 0 Å². The van der Waals surface area contributed by atoms with Crippen molar-refractivity contribution >= 4 is 0 Å². The quantitative estimate of drug-likeness (QED) is 0.436. The lowest BCUT2D eigenvalue weighted by Crippen LogP contribution is -2.27. The van der Waals surface area contributed by atoms with Crippen LogP contribution in [0, 0.1) is 35.2 Å². The highest BCUT2D eigenvalue weighted by Crippen LogP contribution is 2.42. The fraction of sp³-hybridized carbons (Fsp3) is 0.481. The number of rotatable bonds is 5. The molecule has 0 radical (unpaired) electrons. The molecule has 0 saturated heterocycles. The average molecular weight is 413 g/mol. The van der Waals surface area contributed by atoms with E-state index >= 15 is 4.39 Å². The van der Waals surface area contributed by atoms with Gasteiger partial charge in [0, 0.05) is 5.56 Å². The van der Waals surface area contributed by atoms with Crippen molar-refractivity contribution in [3.05, 3.63) is 71.1 Å². The molecule has 1 saturated carbocycles. The highest BCUT2D eigenvalue weighted by molar-refractivity contribution is 5.66. The molecule has 3 heteroatoms. The Balaban J connectivity index is 1.43. The highest BCUT2D eigenvalue weighted by Gasteiger charge is 2.31. The van der Waals surface area contributed by atoms with Crippen LogP contribution in [0.1, 0.15) is 63.0 Å². The van der Waals surface area contributed by atoms with Crippen molar-refractivity contribution < 1.29 is 13.2 Å². The molecule has 0 aromatic heterocycles. The van der Waals surface area contributed by atoms with E-state index in [1.807, 2.05) is 6.07 Å². The summed E-state index contributed by atoms with van der Waals surface area (Å²) >= 11 is 0. The fourth-order valence-corrected chi connectivity index (χ4v) is 5.57. The van der Waals surface area contributed by atoms with Crippen LogP contribution in [-0.4, -0.2) is 0 Å². The molecule has 0 spiro atoms. The summed E-state index contributed by atoms with van der Waals surface area (Å²) in [6.07, 6.45) is 14.9. The van der Waals surface area contributed by atoms with Crippen molar-refractivity contribution in [2.24, 2.45) is 17.8 Å². The van der Waals surface area contributed by atoms with Crippen LogP contribution in [0.25, 0.3) is 11.1 Å². The summed E-state index contributed by atoms with van der Waals surface area (Å²) in [4.78, 5) is 0. The molecule has 0 amide bonds. The van der Waals surface area contributed by atoms with Gasteiger partial charge >= 0.3 is 0 Å². The Morgan fingerprint density at radius 1 is 0.900 bits per heavy atom. The molecule has 160 valence electrons. The first-order chi connectivity index (χ1) is 14.6. The second-order valence-electron chi connectivity index (χ2n) is 9.12. The SMILES string of the molecule is C/C=C/CCC1CCC(C2CCc3c(ccc(-c4ccc(F)c(F)c4)c3F)C2)CC1. The van der Waals surface area contributed by atoms with Gasteiger partial charge in [-0.3, -0.25) is 0 Å². The highest BCUT2D eigenvalue weighted by atomic mass is 19.2. The maximum Gasteiger partial charge on any atom is 0.159 e. The van der Waals surface area contributed by atoms with Gasteiger partial charge in [0.15, 0.2) is 11.6 Å². The number of fused-ring (bicyclic) bond motifs is 1. The summed E-state index contributed by atoms with van der Waals surface area (Å²) in [6, 6.07) is 7.34. The van der Waals surface area contributed by atoms with Gasteiger partial charge in [0.25, 0.3) is 0 Å². The largest absolute Gasteiger partial charge is 0.206 e. The Morgan fingerprint density at radius 2 is 1.70 bits per heavy atom. The number of hydrogen-bond acceptors (Lipinski definition) is 0. The van der Waals surface area contributed by atoms with Crippen LogP contribution in [-0.2, 0) is 12.8 Å². The van der Waals surface area contributed by atoms with Gasteiger partial charge in [-0.25, -0.2) is 13.2 Å². The van der Waals surface area contributed by atoms with Gasteiger partial charge in [0.1, 0.15) is 5.82 Å². The van der Waals surface area contributed by atoms with Crippen LogP contribution < -0.4 is 0 Å². The van der Waals surface area contributed by atoms with E-state index in [2.05, 4.69) is 19.1 Å². The zero-order chi connectivity index (χ0) is 21.1. The zero-order valence-electron chi connectivity index (χ0n) is 17.8. The van der Waals surface area contributed by atoms with E-state index in [-0.39, 0.29) is 5.82 Å². The van der Waals surface area contributed by atoms with E-state index in [0.29, 0.717) is 17.0 Å². The predicted octanol–water partition coefficient (Wildman–Crippen LogP) is 8.04. The lowest BCUT2D eigenvalue weighted by Gasteiger charge is -2.36. The Morgan fingerprint density at radius 3 is 2.43 bits per heavy atom. The summed E-state index contributed by atoms with van der Waals surface area (Å²) in [6.45, 7) is 2.08. The van der Waals surface area contributed by atoms with Gasteiger partial charge in [-0.1, -0.05) is 43.2 Å². The monoisotopic (exact) mass is 412 g/mol. The molecule has 1 fully saturated rings. The van der Waals surface area contributed by atoms with E-state index in [9.17, 15) is 8.78 Å². The van der Waals surface area contributed by atoms with Crippen molar-refractivity contribution in [3.63, 3.8) is 0 Å². The third-order valence-electron chi connectivity index (χ3n) is 7.35. The van der Waals surface area contributed by atoms with Crippen LogP contribution in [0.5, 0.6) is 0 Å². The molecular formula is C27H31F3. The Hall–Kier alpha value is -2.03. The molecule has 0 N–H and O–H groups in total. The molecule has 0 nitrogen and oxygen atoms in total. The number of benzene rings is 2. The van der Waals surface area contributed by atoms with Crippen molar-refractivity contribution in [2.45, 2.75) is 64.7 Å². The first kappa shape index (κ1) is 21.2. The van der Waals surface area contributed by atoms with E-state index in [1.165, 1.54) is 44.6 Å². The third-order valence-corrected chi connectivity index (χ3v) is 7.35.